The third kappa shape index (κ3) is 6.16. The van der Waals surface area contributed by atoms with Crippen LogP contribution in [-0.4, -0.2) is 13.2 Å². The molecule has 5 heteroatoms. The van der Waals surface area contributed by atoms with Gasteiger partial charge < -0.3 is 0 Å². The fourth-order valence-electron chi connectivity index (χ4n) is 0.266. The monoisotopic (exact) mass is 236 g/mol. The van der Waals surface area contributed by atoms with E-state index in [-0.39, 0.29) is 13.2 Å². The topological polar surface area (TPSA) is 35.5 Å². The molecule has 3 nitrogen and oxygen atoms in total. The average Bonchev–Trinajstić information content (AvgIpc) is 1.97. The van der Waals surface area contributed by atoms with Crippen molar-refractivity contribution in [3.63, 3.8) is 0 Å². The Hall–Kier alpha value is -0.250. The van der Waals surface area contributed by atoms with Gasteiger partial charge in [-0.3, -0.25) is 9.05 Å². The van der Waals surface area contributed by atoms with Gasteiger partial charge in [-0.25, -0.2) is 4.57 Å². The molecule has 0 aromatic carbocycles. The van der Waals surface area contributed by atoms with Crippen molar-refractivity contribution in [2.75, 3.05) is 13.2 Å². The first kappa shape index (κ1) is 10.8. The fourth-order valence-corrected chi connectivity index (χ4v) is 1.41. The summed E-state index contributed by atoms with van der Waals surface area (Å²) in [5.41, 5.74) is 0. The van der Waals surface area contributed by atoms with Gasteiger partial charge in [0.05, 0.1) is 0 Å². The van der Waals surface area contributed by atoms with E-state index in [1.54, 1.807) is 0 Å². The van der Waals surface area contributed by atoms with Crippen LogP contribution in [0, 0.1) is 24.7 Å². The van der Waals surface area contributed by atoms with E-state index in [4.69, 9.17) is 12.8 Å². The molecule has 11 heavy (non-hydrogen) atoms. The standard InChI is InChI=1S/C6H6BrO3P/c1-3-5-9-11(7,8)10-6-4-2/h1-2H,5-6H2. The first-order chi connectivity index (χ1) is 5.12. The smallest absolute Gasteiger partial charge is 0.287 e. The Morgan fingerprint density at radius 3 is 1.91 bits per heavy atom. The maximum absolute atomic E-state index is 11.0. The van der Waals surface area contributed by atoms with Crippen LogP contribution < -0.4 is 0 Å². The van der Waals surface area contributed by atoms with Gasteiger partial charge in [-0.2, -0.15) is 0 Å². The summed E-state index contributed by atoms with van der Waals surface area (Å²) in [4.78, 5) is 0. The molecule has 0 saturated carbocycles. The highest BCUT2D eigenvalue weighted by Crippen LogP contribution is 2.55. The minimum atomic E-state index is -3.20. The predicted molar refractivity (Wildman–Crippen MR) is 46.1 cm³/mol. The molecule has 0 bridgehead atoms. The number of rotatable bonds is 4. The van der Waals surface area contributed by atoms with E-state index in [0.29, 0.717) is 0 Å². The summed E-state index contributed by atoms with van der Waals surface area (Å²) in [6.45, 7) is -0.153. The number of hydrogen-bond donors (Lipinski definition) is 0. The van der Waals surface area contributed by atoms with E-state index in [2.05, 4.69) is 36.4 Å². The molecule has 0 amide bonds. The largest absolute Gasteiger partial charge is 0.398 e. The molecule has 0 N–H and O–H groups in total. The maximum atomic E-state index is 11.0. The summed E-state index contributed by atoms with van der Waals surface area (Å²) in [5.74, 6) is 4.29. The van der Waals surface area contributed by atoms with Crippen LogP contribution in [0.1, 0.15) is 0 Å². The third-order valence-corrected chi connectivity index (χ3v) is 2.71. The minimum Gasteiger partial charge on any atom is -0.287 e. The Morgan fingerprint density at radius 2 is 1.64 bits per heavy atom. The minimum absolute atomic E-state index is 0.0763. The SMILES string of the molecule is C#CCOP(=O)(Br)OCC#C. The van der Waals surface area contributed by atoms with Crippen molar-refractivity contribution >= 4 is 21.8 Å². The van der Waals surface area contributed by atoms with Crippen LogP contribution in [0.15, 0.2) is 0 Å². The van der Waals surface area contributed by atoms with Crippen molar-refractivity contribution in [3.05, 3.63) is 0 Å². The Morgan fingerprint density at radius 1 is 1.27 bits per heavy atom. The van der Waals surface area contributed by atoms with Gasteiger partial charge in [0.25, 0.3) is 0 Å². The van der Waals surface area contributed by atoms with Gasteiger partial charge in [0.2, 0.25) is 0 Å². The van der Waals surface area contributed by atoms with Crippen molar-refractivity contribution in [2.24, 2.45) is 0 Å². The quantitative estimate of drug-likeness (QED) is 0.552. The second-order valence-corrected chi connectivity index (χ2v) is 5.37. The van der Waals surface area contributed by atoms with Crippen LogP contribution in [0.4, 0.5) is 0 Å². The lowest BCUT2D eigenvalue weighted by molar-refractivity contribution is 0.261. The van der Waals surface area contributed by atoms with Crippen molar-refractivity contribution < 1.29 is 13.6 Å². The number of hydrogen-bond acceptors (Lipinski definition) is 3. The molecule has 0 fully saturated rings. The summed E-state index contributed by atoms with van der Waals surface area (Å²) >= 11 is 2.70. The summed E-state index contributed by atoms with van der Waals surface area (Å²) in [6.07, 6.45) is 6.51. The first-order valence-corrected chi connectivity index (χ1v) is 6.14. The van der Waals surface area contributed by atoms with Gasteiger partial charge in [-0.05, 0) is 0 Å². The van der Waals surface area contributed by atoms with Crippen molar-refractivity contribution in [3.8, 4) is 24.7 Å². The van der Waals surface area contributed by atoms with E-state index in [1.165, 1.54) is 0 Å². The fraction of sp³-hybridized carbons (Fsp3) is 0.333. The zero-order valence-electron chi connectivity index (χ0n) is 5.62. The van der Waals surface area contributed by atoms with Crippen LogP contribution in [-0.2, 0) is 13.6 Å². The summed E-state index contributed by atoms with van der Waals surface area (Å²) in [6, 6.07) is 0. The summed E-state index contributed by atoms with van der Waals surface area (Å²) < 4.78 is 20.2. The van der Waals surface area contributed by atoms with Gasteiger partial charge in [-0.1, -0.05) is 11.8 Å². The lowest BCUT2D eigenvalue weighted by Gasteiger charge is -2.06. The molecule has 0 aromatic heterocycles. The molecule has 0 aliphatic carbocycles. The third-order valence-electron chi connectivity index (χ3n) is 0.604. The summed E-state index contributed by atoms with van der Waals surface area (Å²) in [7, 11) is 0. The summed E-state index contributed by atoms with van der Waals surface area (Å²) in [5, 5.41) is 0. The second-order valence-electron chi connectivity index (χ2n) is 1.39. The average molecular weight is 237 g/mol. The van der Waals surface area contributed by atoms with E-state index in [1.807, 2.05) is 0 Å². The molecule has 0 spiro atoms. The lowest BCUT2D eigenvalue weighted by atomic mass is 10.8. The molecule has 0 aliphatic rings. The zero-order valence-corrected chi connectivity index (χ0v) is 8.10. The number of halogens is 1. The van der Waals surface area contributed by atoms with Gasteiger partial charge in [0.1, 0.15) is 13.2 Å². The Balaban J connectivity index is 3.75. The van der Waals surface area contributed by atoms with Crippen molar-refractivity contribution in [2.45, 2.75) is 0 Å². The van der Waals surface area contributed by atoms with Crippen molar-refractivity contribution in [1.82, 2.24) is 0 Å². The molecule has 0 aliphatic heterocycles. The highest BCUT2D eigenvalue weighted by molar-refractivity contribution is 9.39. The van der Waals surface area contributed by atoms with E-state index in [9.17, 15) is 4.57 Å². The molecule has 0 heterocycles. The molecule has 0 saturated heterocycles. The molecule has 0 radical (unpaired) electrons. The van der Waals surface area contributed by atoms with Gasteiger partial charge in [0.15, 0.2) is 0 Å². The molecular formula is C6H6BrO3P. The normalized spacial score (nSPS) is 10.1. The van der Waals surface area contributed by atoms with Crippen molar-refractivity contribution in [1.29, 1.82) is 0 Å². The van der Waals surface area contributed by atoms with Gasteiger partial charge in [-0.15, -0.1) is 12.8 Å². The molecular weight excluding hydrogens is 231 g/mol. The van der Waals surface area contributed by atoms with Gasteiger partial charge >= 0.3 is 6.30 Å². The maximum Gasteiger partial charge on any atom is 0.398 e. The van der Waals surface area contributed by atoms with Crippen LogP contribution in [0.5, 0.6) is 0 Å². The molecule has 0 unspecified atom stereocenters. The molecule has 0 aromatic rings. The van der Waals surface area contributed by atoms with Crippen LogP contribution in [0.25, 0.3) is 0 Å². The van der Waals surface area contributed by atoms with E-state index in [0.717, 1.165) is 0 Å². The first-order valence-electron chi connectivity index (χ1n) is 2.58. The predicted octanol–water partition coefficient (Wildman–Crippen LogP) is 1.79. The molecule has 0 rings (SSSR count). The number of terminal acetylenes is 2. The van der Waals surface area contributed by atoms with Crippen LogP contribution >= 0.6 is 21.8 Å². The van der Waals surface area contributed by atoms with Crippen LogP contribution in [0.3, 0.4) is 0 Å². The Labute approximate surface area is 73.7 Å². The van der Waals surface area contributed by atoms with E-state index < -0.39 is 6.30 Å². The highest BCUT2D eigenvalue weighted by Gasteiger charge is 2.18. The molecule has 0 atom stereocenters. The second kappa shape index (κ2) is 5.41. The highest BCUT2D eigenvalue weighted by atomic mass is 79.9. The Bertz CT molecular complexity index is 215. The molecule has 60 valence electrons. The van der Waals surface area contributed by atoms with Gasteiger partial charge in [0, 0.05) is 15.5 Å². The Kier molecular flexibility index (Phi) is 5.28. The van der Waals surface area contributed by atoms with E-state index >= 15 is 0 Å². The van der Waals surface area contributed by atoms with Crippen LogP contribution in [0.2, 0.25) is 0 Å². The lowest BCUT2D eigenvalue weighted by Crippen LogP contribution is -1.90. The zero-order chi connectivity index (χ0) is 8.74.